The first-order valence-corrected chi connectivity index (χ1v) is 8.17. The molecule has 2 aliphatic rings. The Kier molecular flexibility index (Phi) is 3.32. The van der Waals surface area contributed by atoms with Gasteiger partial charge in [0.15, 0.2) is 9.84 Å². The SMILES string of the molecule is CC(NCCS(=O)(=O)CC1CC1)C1(C)CC1. The van der Waals surface area contributed by atoms with Crippen molar-refractivity contribution < 1.29 is 8.42 Å². The Labute approximate surface area is 98.9 Å². The third-order valence-corrected chi connectivity index (χ3v) is 5.94. The van der Waals surface area contributed by atoms with E-state index < -0.39 is 9.84 Å². The standard InChI is InChI=1S/C12H23NO2S/c1-10(12(2)5-6-12)13-7-8-16(14,15)9-11-3-4-11/h10-11,13H,3-9H2,1-2H3. The zero-order chi connectivity index (χ0) is 11.8. The summed E-state index contributed by atoms with van der Waals surface area (Å²) in [5.41, 5.74) is 0.431. The first-order chi connectivity index (χ1) is 7.41. The minimum absolute atomic E-state index is 0.309. The average Bonchev–Trinajstić information content (AvgIpc) is 3.04. The minimum atomic E-state index is -2.80. The summed E-state index contributed by atoms with van der Waals surface area (Å²) in [5.74, 6) is 1.20. The quantitative estimate of drug-likeness (QED) is 0.741. The van der Waals surface area contributed by atoms with Crippen LogP contribution in [0.5, 0.6) is 0 Å². The van der Waals surface area contributed by atoms with Gasteiger partial charge >= 0.3 is 0 Å². The van der Waals surface area contributed by atoms with Gasteiger partial charge in [-0.05, 0) is 43.9 Å². The van der Waals surface area contributed by atoms with Gasteiger partial charge in [0.2, 0.25) is 0 Å². The van der Waals surface area contributed by atoms with Gasteiger partial charge in [-0.25, -0.2) is 8.42 Å². The summed E-state index contributed by atoms with van der Waals surface area (Å²) in [6, 6.07) is 0.448. The molecule has 0 heterocycles. The van der Waals surface area contributed by atoms with E-state index in [-0.39, 0.29) is 0 Å². The Morgan fingerprint density at radius 1 is 1.38 bits per heavy atom. The van der Waals surface area contributed by atoms with E-state index in [1.54, 1.807) is 0 Å². The fraction of sp³-hybridized carbons (Fsp3) is 1.00. The fourth-order valence-corrected chi connectivity index (χ4v) is 3.68. The molecule has 0 aromatic heterocycles. The minimum Gasteiger partial charge on any atom is -0.313 e. The van der Waals surface area contributed by atoms with Crippen LogP contribution in [-0.4, -0.2) is 32.5 Å². The lowest BCUT2D eigenvalue weighted by molar-refractivity contribution is 0.389. The molecule has 0 bridgehead atoms. The molecule has 0 aromatic carbocycles. The van der Waals surface area contributed by atoms with Crippen molar-refractivity contribution in [3.8, 4) is 0 Å². The molecule has 1 atom stereocenters. The Morgan fingerprint density at radius 2 is 2.00 bits per heavy atom. The van der Waals surface area contributed by atoms with Crippen LogP contribution in [-0.2, 0) is 9.84 Å². The van der Waals surface area contributed by atoms with Gasteiger partial charge < -0.3 is 5.32 Å². The van der Waals surface area contributed by atoms with Crippen LogP contribution in [0.2, 0.25) is 0 Å². The second-order valence-corrected chi connectivity index (χ2v) is 8.12. The van der Waals surface area contributed by atoms with E-state index in [0.717, 1.165) is 12.8 Å². The van der Waals surface area contributed by atoms with E-state index in [4.69, 9.17) is 0 Å². The molecule has 0 saturated heterocycles. The van der Waals surface area contributed by atoms with Crippen LogP contribution < -0.4 is 5.32 Å². The van der Waals surface area contributed by atoms with Crippen molar-refractivity contribution in [1.82, 2.24) is 5.32 Å². The first-order valence-electron chi connectivity index (χ1n) is 6.35. The van der Waals surface area contributed by atoms with Crippen LogP contribution in [0.15, 0.2) is 0 Å². The zero-order valence-corrected chi connectivity index (χ0v) is 11.1. The topological polar surface area (TPSA) is 46.2 Å². The fourth-order valence-electron chi connectivity index (χ4n) is 2.03. The molecule has 2 fully saturated rings. The van der Waals surface area contributed by atoms with Crippen molar-refractivity contribution in [2.45, 2.75) is 45.6 Å². The van der Waals surface area contributed by atoms with Gasteiger partial charge in [0.25, 0.3) is 0 Å². The number of sulfone groups is 1. The molecule has 94 valence electrons. The van der Waals surface area contributed by atoms with Crippen LogP contribution in [0.4, 0.5) is 0 Å². The normalized spacial score (nSPS) is 25.4. The monoisotopic (exact) mass is 245 g/mol. The number of nitrogens with one attached hydrogen (secondary N) is 1. The number of rotatable bonds is 7. The Hall–Kier alpha value is -0.0900. The van der Waals surface area contributed by atoms with Gasteiger partial charge in [-0.3, -0.25) is 0 Å². The summed E-state index contributed by atoms with van der Waals surface area (Å²) in [7, 11) is -2.80. The largest absolute Gasteiger partial charge is 0.313 e. The molecule has 4 heteroatoms. The molecule has 2 saturated carbocycles. The van der Waals surface area contributed by atoms with Gasteiger partial charge in [0.1, 0.15) is 0 Å². The van der Waals surface area contributed by atoms with E-state index in [2.05, 4.69) is 19.2 Å². The van der Waals surface area contributed by atoms with Gasteiger partial charge in [-0.15, -0.1) is 0 Å². The van der Waals surface area contributed by atoms with E-state index in [0.29, 0.717) is 35.4 Å². The maximum Gasteiger partial charge on any atom is 0.151 e. The van der Waals surface area contributed by atoms with Crippen molar-refractivity contribution >= 4 is 9.84 Å². The summed E-state index contributed by atoms with van der Waals surface area (Å²) in [4.78, 5) is 0. The summed E-state index contributed by atoms with van der Waals surface area (Å²) in [6.45, 7) is 5.05. The van der Waals surface area contributed by atoms with Crippen molar-refractivity contribution in [2.24, 2.45) is 11.3 Å². The van der Waals surface area contributed by atoms with Gasteiger partial charge in [-0.1, -0.05) is 6.92 Å². The van der Waals surface area contributed by atoms with Crippen molar-refractivity contribution in [1.29, 1.82) is 0 Å². The molecule has 0 aromatic rings. The van der Waals surface area contributed by atoms with Crippen molar-refractivity contribution in [2.75, 3.05) is 18.1 Å². The van der Waals surface area contributed by atoms with E-state index in [1.807, 2.05) is 0 Å². The molecule has 16 heavy (non-hydrogen) atoms. The molecule has 0 spiro atoms. The van der Waals surface area contributed by atoms with Gasteiger partial charge in [0, 0.05) is 12.6 Å². The predicted octanol–water partition coefficient (Wildman–Crippen LogP) is 1.59. The molecule has 1 unspecified atom stereocenters. The van der Waals surface area contributed by atoms with Crippen LogP contribution in [0.25, 0.3) is 0 Å². The molecule has 2 rings (SSSR count). The smallest absolute Gasteiger partial charge is 0.151 e. The summed E-state index contributed by atoms with van der Waals surface area (Å²) in [6.07, 6.45) is 4.77. The molecule has 3 nitrogen and oxygen atoms in total. The lowest BCUT2D eigenvalue weighted by Gasteiger charge is -2.20. The van der Waals surface area contributed by atoms with Gasteiger partial charge in [-0.2, -0.15) is 0 Å². The summed E-state index contributed by atoms with van der Waals surface area (Å²) < 4.78 is 23.4. The molecule has 1 N–H and O–H groups in total. The number of hydrogen-bond donors (Lipinski definition) is 1. The Balaban J connectivity index is 1.66. The average molecular weight is 245 g/mol. The molecular weight excluding hydrogens is 222 g/mol. The van der Waals surface area contributed by atoms with Crippen LogP contribution in [0.3, 0.4) is 0 Å². The van der Waals surface area contributed by atoms with Crippen LogP contribution in [0, 0.1) is 11.3 Å². The highest BCUT2D eigenvalue weighted by atomic mass is 32.2. The number of hydrogen-bond acceptors (Lipinski definition) is 3. The summed E-state index contributed by atoms with van der Waals surface area (Å²) >= 11 is 0. The third-order valence-electron chi connectivity index (χ3n) is 4.13. The van der Waals surface area contributed by atoms with Crippen LogP contribution >= 0.6 is 0 Å². The maximum atomic E-state index is 11.7. The first kappa shape index (κ1) is 12.4. The molecule has 0 aliphatic heterocycles. The second-order valence-electron chi connectivity index (χ2n) is 5.89. The van der Waals surface area contributed by atoms with Crippen LogP contribution in [0.1, 0.15) is 39.5 Å². The highest BCUT2D eigenvalue weighted by molar-refractivity contribution is 7.91. The van der Waals surface area contributed by atoms with Crippen molar-refractivity contribution in [3.63, 3.8) is 0 Å². The predicted molar refractivity (Wildman–Crippen MR) is 66.2 cm³/mol. The summed E-state index contributed by atoms with van der Waals surface area (Å²) in [5, 5.41) is 3.36. The van der Waals surface area contributed by atoms with E-state index >= 15 is 0 Å². The Bertz CT molecular complexity index is 342. The highest BCUT2D eigenvalue weighted by Gasteiger charge is 2.42. The molecule has 2 aliphatic carbocycles. The van der Waals surface area contributed by atoms with E-state index in [1.165, 1.54) is 12.8 Å². The molecular formula is C12H23NO2S. The molecule has 0 radical (unpaired) electrons. The third kappa shape index (κ3) is 3.45. The molecule has 0 amide bonds. The lowest BCUT2D eigenvalue weighted by atomic mass is 10.0. The lowest BCUT2D eigenvalue weighted by Crippen LogP contribution is -2.36. The second kappa shape index (κ2) is 4.30. The van der Waals surface area contributed by atoms with E-state index in [9.17, 15) is 8.42 Å². The maximum absolute atomic E-state index is 11.7. The Morgan fingerprint density at radius 3 is 2.50 bits per heavy atom. The highest BCUT2D eigenvalue weighted by Crippen LogP contribution is 2.47. The van der Waals surface area contributed by atoms with Gasteiger partial charge in [0.05, 0.1) is 11.5 Å². The van der Waals surface area contributed by atoms with Crippen molar-refractivity contribution in [3.05, 3.63) is 0 Å². The zero-order valence-electron chi connectivity index (χ0n) is 10.3.